The first kappa shape index (κ1) is 18.7. The van der Waals surface area contributed by atoms with Gasteiger partial charge in [-0.1, -0.05) is 34.1 Å². The molecule has 2 aromatic rings. The number of amides is 2. The van der Waals surface area contributed by atoms with Gasteiger partial charge in [0, 0.05) is 28.6 Å². The second-order valence-corrected chi connectivity index (χ2v) is 6.18. The topological polar surface area (TPSA) is 90.8 Å². The molecule has 0 aromatic heterocycles. The molecule has 3 N–H and O–H groups in total. The molecule has 2 aromatic carbocycles. The highest BCUT2D eigenvalue weighted by atomic mass is 79.9. The summed E-state index contributed by atoms with van der Waals surface area (Å²) < 4.78 is 0.881. The molecule has 0 aliphatic rings. The summed E-state index contributed by atoms with van der Waals surface area (Å²) in [5.41, 5.74) is 3.59. The van der Waals surface area contributed by atoms with Crippen molar-refractivity contribution in [3.05, 3.63) is 58.6 Å². The van der Waals surface area contributed by atoms with E-state index >= 15 is 0 Å². The van der Waals surface area contributed by atoms with E-state index in [-0.39, 0.29) is 30.4 Å². The van der Waals surface area contributed by atoms with Gasteiger partial charge in [-0.2, -0.15) is 5.10 Å². The molecule has 2 rings (SSSR count). The van der Waals surface area contributed by atoms with E-state index in [0.717, 1.165) is 4.47 Å². The number of aromatic hydroxyl groups is 1. The van der Waals surface area contributed by atoms with E-state index in [1.807, 2.05) is 12.1 Å². The lowest BCUT2D eigenvalue weighted by molar-refractivity contribution is -0.121. The zero-order valence-corrected chi connectivity index (χ0v) is 15.0. The molecule has 0 fully saturated rings. The number of carbonyl (C=O) groups is 2. The second kappa shape index (κ2) is 9.58. The summed E-state index contributed by atoms with van der Waals surface area (Å²) in [6, 6.07) is 14.0. The zero-order valence-electron chi connectivity index (χ0n) is 13.4. The van der Waals surface area contributed by atoms with Gasteiger partial charge in [-0.15, -0.1) is 0 Å². The second-order valence-electron chi connectivity index (χ2n) is 5.26. The van der Waals surface area contributed by atoms with Crippen molar-refractivity contribution in [3.8, 4) is 5.75 Å². The van der Waals surface area contributed by atoms with Crippen LogP contribution in [-0.4, -0.2) is 23.1 Å². The number of hydrogen-bond donors (Lipinski definition) is 3. The number of para-hydroxylation sites is 1. The van der Waals surface area contributed by atoms with Crippen LogP contribution in [0.15, 0.2) is 58.1 Å². The van der Waals surface area contributed by atoms with Crippen molar-refractivity contribution in [2.75, 3.05) is 5.32 Å². The monoisotopic (exact) mass is 403 g/mol. The van der Waals surface area contributed by atoms with Crippen LogP contribution >= 0.6 is 15.9 Å². The lowest BCUT2D eigenvalue weighted by Gasteiger charge is -2.05. The summed E-state index contributed by atoms with van der Waals surface area (Å²) in [7, 11) is 0. The predicted molar refractivity (Wildman–Crippen MR) is 100 cm³/mol. The Kier molecular flexibility index (Phi) is 7.16. The van der Waals surface area contributed by atoms with E-state index in [1.54, 1.807) is 30.3 Å². The van der Waals surface area contributed by atoms with E-state index in [9.17, 15) is 14.7 Å². The molecule has 2 amide bonds. The average molecular weight is 404 g/mol. The summed E-state index contributed by atoms with van der Waals surface area (Å²) in [6.45, 7) is 0. The molecule has 7 heteroatoms. The minimum Gasteiger partial charge on any atom is -0.507 e. The number of hydrogen-bond acceptors (Lipinski definition) is 4. The molecule has 0 aliphatic heterocycles. The Balaban J connectivity index is 1.68. The molecule has 0 heterocycles. The van der Waals surface area contributed by atoms with Crippen LogP contribution in [0.4, 0.5) is 5.69 Å². The highest BCUT2D eigenvalue weighted by molar-refractivity contribution is 9.10. The van der Waals surface area contributed by atoms with Gasteiger partial charge in [-0.3, -0.25) is 9.59 Å². The number of halogens is 1. The predicted octanol–water partition coefficient (Wildman–Crippen LogP) is 3.41. The number of nitrogens with zero attached hydrogens (tertiary/aromatic N) is 1. The Morgan fingerprint density at radius 2 is 1.84 bits per heavy atom. The fraction of sp³-hybridized carbons (Fsp3) is 0.167. The maximum Gasteiger partial charge on any atom is 0.240 e. The van der Waals surface area contributed by atoms with Gasteiger partial charge in [0.15, 0.2) is 0 Å². The zero-order chi connectivity index (χ0) is 18.1. The van der Waals surface area contributed by atoms with Crippen molar-refractivity contribution in [3.63, 3.8) is 0 Å². The molecule has 0 atom stereocenters. The summed E-state index contributed by atoms with van der Waals surface area (Å²) in [6.07, 6.45) is 2.21. The average Bonchev–Trinajstić information content (AvgIpc) is 2.56. The summed E-state index contributed by atoms with van der Waals surface area (Å²) in [5.74, 6) is -0.352. The maximum atomic E-state index is 11.8. The summed E-state index contributed by atoms with van der Waals surface area (Å²) in [4.78, 5) is 23.5. The highest BCUT2D eigenvalue weighted by Gasteiger charge is 2.05. The van der Waals surface area contributed by atoms with Crippen LogP contribution < -0.4 is 10.7 Å². The quantitative estimate of drug-likeness (QED) is 0.488. The SMILES string of the molecule is O=C(CCCC(=O)Nc1cccc(Br)c1)N/N=C\c1ccccc1O. The van der Waals surface area contributed by atoms with Crippen LogP contribution in [0, 0.1) is 0 Å². The van der Waals surface area contributed by atoms with Gasteiger partial charge in [0.05, 0.1) is 6.21 Å². The Bertz CT molecular complexity index is 778. The molecule has 0 unspecified atom stereocenters. The van der Waals surface area contributed by atoms with Crippen LogP contribution in [0.5, 0.6) is 5.75 Å². The number of nitrogens with one attached hydrogen (secondary N) is 2. The first-order valence-corrected chi connectivity index (χ1v) is 8.49. The van der Waals surface area contributed by atoms with Gasteiger partial charge in [-0.25, -0.2) is 5.43 Å². The number of carbonyl (C=O) groups excluding carboxylic acids is 2. The van der Waals surface area contributed by atoms with Crippen LogP contribution in [-0.2, 0) is 9.59 Å². The number of phenols is 1. The third kappa shape index (κ3) is 6.76. The van der Waals surface area contributed by atoms with Gasteiger partial charge in [0.2, 0.25) is 11.8 Å². The molecule has 0 saturated carbocycles. The molecule has 130 valence electrons. The van der Waals surface area contributed by atoms with Crippen molar-refractivity contribution in [2.24, 2.45) is 5.10 Å². The Morgan fingerprint density at radius 1 is 1.08 bits per heavy atom. The number of rotatable bonds is 7. The number of benzene rings is 2. The first-order valence-electron chi connectivity index (χ1n) is 7.70. The highest BCUT2D eigenvalue weighted by Crippen LogP contribution is 2.16. The van der Waals surface area contributed by atoms with Gasteiger partial charge < -0.3 is 10.4 Å². The van der Waals surface area contributed by atoms with Crippen LogP contribution in [0.2, 0.25) is 0 Å². The molecule has 0 spiro atoms. The fourth-order valence-electron chi connectivity index (χ4n) is 2.03. The van der Waals surface area contributed by atoms with Crippen molar-refractivity contribution in [1.82, 2.24) is 5.43 Å². The third-order valence-electron chi connectivity index (χ3n) is 3.25. The Hall–Kier alpha value is -2.67. The van der Waals surface area contributed by atoms with Crippen LogP contribution in [0.25, 0.3) is 0 Å². The molecule has 0 saturated heterocycles. The minimum atomic E-state index is -0.290. The van der Waals surface area contributed by atoms with E-state index in [0.29, 0.717) is 17.7 Å². The molecular formula is C18H18BrN3O3. The number of hydrazone groups is 1. The Labute approximate surface area is 154 Å². The van der Waals surface area contributed by atoms with Crippen molar-refractivity contribution in [2.45, 2.75) is 19.3 Å². The first-order chi connectivity index (χ1) is 12.0. The smallest absolute Gasteiger partial charge is 0.240 e. The fourth-order valence-corrected chi connectivity index (χ4v) is 2.42. The standard InChI is InChI=1S/C18H18BrN3O3/c19-14-6-3-7-15(11-14)21-17(24)9-4-10-18(25)22-20-12-13-5-1-2-8-16(13)23/h1-3,5-8,11-12,23H,4,9-10H2,(H,21,24)(H,22,25)/b20-12-. The molecule has 0 aliphatic carbocycles. The van der Waals surface area contributed by atoms with Crippen molar-refractivity contribution >= 4 is 39.6 Å². The molecular weight excluding hydrogens is 386 g/mol. The van der Waals surface area contributed by atoms with Crippen LogP contribution in [0.3, 0.4) is 0 Å². The van der Waals surface area contributed by atoms with Gasteiger partial charge in [0.1, 0.15) is 5.75 Å². The third-order valence-corrected chi connectivity index (χ3v) is 3.74. The summed E-state index contributed by atoms with van der Waals surface area (Å²) in [5, 5.41) is 16.1. The number of anilines is 1. The van der Waals surface area contributed by atoms with Crippen molar-refractivity contribution < 1.29 is 14.7 Å². The van der Waals surface area contributed by atoms with E-state index < -0.39 is 0 Å². The molecule has 0 bridgehead atoms. The lowest BCUT2D eigenvalue weighted by atomic mass is 10.2. The van der Waals surface area contributed by atoms with Crippen molar-refractivity contribution in [1.29, 1.82) is 0 Å². The van der Waals surface area contributed by atoms with Gasteiger partial charge >= 0.3 is 0 Å². The minimum absolute atomic E-state index is 0.0877. The van der Waals surface area contributed by atoms with Crippen LogP contribution in [0.1, 0.15) is 24.8 Å². The van der Waals surface area contributed by atoms with E-state index in [2.05, 4.69) is 31.8 Å². The normalized spacial score (nSPS) is 10.6. The lowest BCUT2D eigenvalue weighted by Crippen LogP contribution is -2.18. The largest absolute Gasteiger partial charge is 0.507 e. The Morgan fingerprint density at radius 3 is 2.60 bits per heavy atom. The molecule has 6 nitrogen and oxygen atoms in total. The van der Waals surface area contributed by atoms with Gasteiger partial charge in [0.25, 0.3) is 0 Å². The van der Waals surface area contributed by atoms with Gasteiger partial charge in [-0.05, 0) is 36.8 Å². The number of phenolic OH excluding ortho intramolecular Hbond substituents is 1. The van der Waals surface area contributed by atoms with E-state index in [1.165, 1.54) is 12.3 Å². The molecule has 25 heavy (non-hydrogen) atoms. The maximum absolute atomic E-state index is 11.8. The van der Waals surface area contributed by atoms with E-state index in [4.69, 9.17) is 0 Å². The summed E-state index contributed by atoms with van der Waals surface area (Å²) >= 11 is 3.34. The molecule has 0 radical (unpaired) electrons.